The van der Waals surface area contributed by atoms with Gasteiger partial charge in [0.15, 0.2) is 4.32 Å². The molecular weight excluding hydrogens is 507 g/mol. The van der Waals surface area contributed by atoms with Crippen molar-refractivity contribution in [2.45, 2.75) is 17.1 Å². The number of nitrogens with two attached hydrogens (primary N) is 1. The number of aromatic nitrogens is 2. The highest BCUT2D eigenvalue weighted by Gasteiger charge is 2.15. The molecule has 0 amide bonds. The summed E-state index contributed by atoms with van der Waals surface area (Å²) in [6, 6.07) is 11.8. The molecule has 3 rings (SSSR count). The predicted octanol–water partition coefficient (Wildman–Crippen LogP) is 4.06. The highest BCUT2D eigenvalue weighted by molar-refractivity contribution is 8.23. The molecule has 0 spiro atoms. The molecule has 7 nitrogen and oxygen atoms in total. The molecule has 0 radical (unpaired) electrons. The Morgan fingerprint density at radius 2 is 1.97 bits per heavy atom. The van der Waals surface area contributed by atoms with E-state index < -0.39 is 15.8 Å². The third-order valence-corrected chi connectivity index (χ3v) is 6.99. The van der Waals surface area contributed by atoms with Gasteiger partial charge < -0.3 is 0 Å². The zero-order valence-corrected chi connectivity index (χ0v) is 20.6. The van der Waals surface area contributed by atoms with Crippen molar-refractivity contribution >= 4 is 49.9 Å². The Morgan fingerprint density at radius 3 is 2.55 bits per heavy atom. The lowest BCUT2D eigenvalue weighted by atomic mass is 10.1. The van der Waals surface area contributed by atoms with Gasteiger partial charge in [0.25, 0.3) is 0 Å². The summed E-state index contributed by atoms with van der Waals surface area (Å²) < 4.78 is 38.6. The van der Waals surface area contributed by atoms with Crippen molar-refractivity contribution in [1.29, 1.82) is 0 Å². The van der Waals surface area contributed by atoms with E-state index in [0.717, 1.165) is 5.06 Å². The Morgan fingerprint density at radius 1 is 1.30 bits per heavy atom. The molecule has 0 saturated carbocycles. The fraction of sp³-hybridized carbons (Fsp3) is 0.143. The Hall–Kier alpha value is -2.46. The number of hydrogen-bond donors (Lipinski definition) is 2. The third kappa shape index (κ3) is 6.32. The standard InChI is InChI=1S/C21H18ClFN4O3S3/c1-13(32-21(31)26(2)28)3-5-15-12-20(14-4-10-19(23)18(22)11-14)27(25-15)16-6-8-17(9-7-16)33(24,29)30/h4,6-13,28H,1-2H3,(H2,24,29,30). The maximum Gasteiger partial charge on any atom is 0.238 e. The topological polar surface area (TPSA) is 101 Å². The summed E-state index contributed by atoms with van der Waals surface area (Å²) in [5, 5.41) is 19.6. The highest BCUT2D eigenvalue weighted by atomic mass is 35.5. The first-order valence-electron chi connectivity index (χ1n) is 9.29. The monoisotopic (exact) mass is 524 g/mol. The average molecular weight is 525 g/mol. The Balaban J connectivity index is 2.04. The second kappa shape index (κ2) is 10.2. The minimum atomic E-state index is -3.85. The first-order valence-corrected chi connectivity index (χ1v) is 12.5. The van der Waals surface area contributed by atoms with E-state index >= 15 is 0 Å². The van der Waals surface area contributed by atoms with Gasteiger partial charge in [0.2, 0.25) is 10.0 Å². The Labute approximate surface area is 205 Å². The molecule has 12 heteroatoms. The summed E-state index contributed by atoms with van der Waals surface area (Å²) in [6.07, 6.45) is 0. The lowest BCUT2D eigenvalue weighted by Gasteiger charge is -2.11. The quantitative estimate of drug-likeness (QED) is 0.301. The van der Waals surface area contributed by atoms with Crippen LogP contribution in [0, 0.1) is 17.7 Å². The Bertz CT molecular complexity index is 1360. The van der Waals surface area contributed by atoms with Gasteiger partial charge >= 0.3 is 0 Å². The largest absolute Gasteiger partial charge is 0.287 e. The van der Waals surface area contributed by atoms with Crippen molar-refractivity contribution in [3.63, 3.8) is 0 Å². The first kappa shape index (κ1) is 25.2. The smallest absolute Gasteiger partial charge is 0.238 e. The number of halogens is 2. The molecule has 1 aromatic heterocycles. The van der Waals surface area contributed by atoms with Crippen LogP contribution in [0.1, 0.15) is 12.6 Å². The van der Waals surface area contributed by atoms with Crippen molar-refractivity contribution in [2.24, 2.45) is 5.14 Å². The summed E-state index contributed by atoms with van der Waals surface area (Å²) in [4.78, 5) is -0.0412. The second-order valence-electron chi connectivity index (χ2n) is 6.81. The summed E-state index contributed by atoms with van der Waals surface area (Å²) in [5.74, 6) is 5.42. The molecule has 1 unspecified atom stereocenters. The van der Waals surface area contributed by atoms with E-state index in [4.69, 9.17) is 29.0 Å². The van der Waals surface area contributed by atoms with Crippen LogP contribution in [0.5, 0.6) is 0 Å². The van der Waals surface area contributed by atoms with E-state index in [0.29, 0.717) is 22.6 Å². The summed E-state index contributed by atoms with van der Waals surface area (Å²) in [7, 11) is -2.42. The SMILES string of the molecule is CC(C#Cc1cc(-c2ccc(F)c(Cl)c2)n(-c2ccc(S(N)(=O)=O)cc2)n1)SC(=S)N(C)O. The van der Waals surface area contributed by atoms with Gasteiger partial charge in [-0.25, -0.2) is 27.7 Å². The van der Waals surface area contributed by atoms with Crippen molar-refractivity contribution in [1.82, 2.24) is 14.8 Å². The summed E-state index contributed by atoms with van der Waals surface area (Å²) in [6.45, 7) is 1.83. The van der Waals surface area contributed by atoms with Gasteiger partial charge in [0.1, 0.15) is 11.5 Å². The van der Waals surface area contributed by atoms with E-state index in [-0.39, 0.29) is 19.5 Å². The number of sulfonamides is 1. The molecule has 1 heterocycles. The van der Waals surface area contributed by atoms with Crippen LogP contribution in [-0.2, 0) is 10.0 Å². The van der Waals surface area contributed by atoms with E-state index in [1.807, 2.05) is 6.92 Å². The number of thiocarbonyl (C=S) groups is 1. The van der Waals surface area contributed by atoms with Crippen LogP contribution >= 0.6 is 35.6 Å². The van der Waals surface area contributed by atoms with E-state index in [1.54, 1.807) is 28.9 Å². The number of hydroxylamine groups is 2. The molecule has 0 fully saturated rings. The average Bonchev–Trinajstić information content (AvgIpc) is 3.18. The molecule has 0 bridgehead atoms. The fourth-order valence-electron chi connectivity index (χ4n) is 2.71. The van der Waals surface area contributed by atoms with Crippen molar-refractivity contribution < 1.29 is 18.0 Å². The van der Waals surface area contributed by atoms with Crippen LogP contribution in [0.15, 0.2) is 53.4 Å². The van der Waals surface area contributed by atoms with Crippen molar-refractivity contribution in [2.75, 3.05) is 7.05 Å². The van der Waals surface area contributed by atoms with Crippen LogP contribution in [-0.4, -0.2) is 45.1 Å². The second-order valence-corrected chi connectivity index (χ2v) is 10.8. The molecule has 0 aliphatic rings. The third-order valence-electron chi connectivity index (χ3n) is 4.28. The highest BCUT2D eigenvalue weighted by Crippen LogP contribution is 2.28. The maximum atomic E-state index is 13.7. The zero-order valence-electron chi connectivity index (χ0n) is 17.4. The molecule has 0 aliphatic heterocycles. The number of nitrogens with zero attached hydrogens (tertiary/aromatic N) is 3. The number of rotatable bonds is 4. The maximum absolute atomic E-state index is 13.7. The summed E-state index contributed by atoms with van der Waals surface area (Å²) in [5.41, 5.74) is 2.10. The van der Waals surface area contributed by atoms with Crippen LogP contribution in [0.25, 0.3) is 16.9 Å². The van der Waals surface area contributed by atoms with Gasteiger partial charge in [-0.3, -0.25) is 5.21 Å². The molecule has 0 aliphatic carbocycles. The molecule has 3 N–H and O–H groups in total. The number of hydrogen-bond acceptors (Lipinski definition) is 6. The van der Waals surface area contributed by atoms with Gasteiger partial charge in [0.05, 0.1) is 26.5 Å². The molecule has 33 heavy (non-hydrogen) atoms. The van der Waals surface area contributed by atoms with Gasteiger partial charge in [0, 0.05) is 18.7 Å². The van der Waals surface area contributed by atoms with E-state index in [1.165, 1.54) is 43.1 Å². The minimum Gasteiger partial charge on any atom is -0.287 e. The van der Waals surface area contributed by atoms with E-state index in [2.05, 4.69) is 16.9 Å². The van der Waals surface area contributed by atoms with Gasteiger partial charge in [-0.05, 0) is 55.3 Å². The van der Waals surface area contributed by atoms with Crippen LogP contribution in [0.2, 0.25) is 5.02 Å². The normalized spacial score (nSPS) is 12.1. The molecule has 0 saturated heterocycles. The van der Waals surface area contributed by atoms with Crippen LogP contribution in [0.3, 0.4) is 0 Å². The number of benzene rings is 2. The molecule has 172 valence electrons. The molecule has 3 aromatic rings. The molecule has 2 aromatic carbocycles. The minimum absolute atomic E-state index is 0.0412. The number of primary sulfonamides is 1. The first-order chi connectivity index (χ1) is 15.5. The van der Waals surface area contributed by atoms with Crippen LogP contribution < -0.4 is 5.14 Å². The molecular formula is C21H18ClFN4O3S3. The lowest BCUT2D eigenvalue weighted by Crippen LogP contribution is -2.18. The zero-order chi connectivity index (χ0) is 24.3. The van der Waals surface area contributed by atoms with Crippen LogP contribution in [0.4, 0.5) is 4.39 Å². The number of thioether (sulfide) groups is 1. The predicted molar refractivity (Wildman–Crippen MR) is 131 cm³/mol. The van der Waals surface area contributed by atoms with E-state index in [9.17, 15) is 18.0 Å². The van der Waals surface area contributed by atoms with Crippen molar-refractivity contribution in [3.8, 4) is 28.8 Å². The summed E-state index contributed by atoms with van der Waals surface area (Å²) >= 11 is 12.2. The van der Waals surface area contributed by atoms with Crippen molar-refractivity contribution in [3.05, 3.63) is 65.1 Å². The van der Waals surface area contributed by atoms with Gasteiger partial charge in [-0.2, -0.15) is 5.10 Å². The lowest BCUT2D eigenvalue weighted by molar-refractivity contribution is 0.0205. The van der Waals surface area contributed by atoms with Gasteiger partial charge in [-0.1, -0.05) is 41.5 Å². The molecule has 1 atom stereocenters. The Kier molecular flexibility index (Phi) is 7.79. The fourth-order valence-corrected chi connectivity index (χ4v) is 4.41. The van der Waals surface area contributed by atoms with Gasteiger partial charge in [-0.15, -0.1) is 0 Å².